The molecule has 0 aromatic heterocycles. The lowest BCUT2D eigenvalue weighted by Crippen LogP contribution is -1.77. The van der Waals surface area contributed by atoms with Crippen LogP contribution in [-0.2, 0) is 0 Å². The highest BCUT2D eigenvalue weighted by Gasteiger charge is 1.88. The summed E-state index contributed by atoms with van der Waals surface area (Å²) < 4.78 is 0. The van der Waals surface area contributed by atoms with Gasteiger partial charge in [-0.1, -0.05) is 29.2 Å². The van der Waals surface area contributed by atoms with Crippen molar-refractivity contribution >= 4 is 0 Å². The summed E-state index contributed by atoms with van der Waals surface area (Å²) in [5.41, 5.74) is 2.81. The van der Waals surface area contributed by atoms with Crippen LogP contribution in [0.2, 0.25) is 0 Å². The number of rotatable bonds is 5. The van der Waals surface area contributed by atoms with Crippen LogP contribution in [0.15, 0.2) is 23.3 Å². The lowest BCUT2D eigenvalue weighted by atomic mass is 10.1. The van der Waals surface area contributed by atoms with E-state index in [0.717, 1.165) is 25.7 Å². The van der Waals surface area contributed by atoms with E-state index in [1.165, 1.54) is 11.1 Å². The van der Waals surface area contributed by atoms with Crippen molar-refractivity contribution < 1.29 is 0 Å². The maximum Gasteiger partial charge on any atom is 0.0134 e. The summed E-state index contributed by atoms with van der Waals surface area (Å²) in [6.45, 7) is 6.41. The Labute approximate surface area is 82.7 Å². The molecule has 0 N–H and O–H groups in total. The van der Waals surface area contributed by atoms with E-state index in [1.807, 2.05) is 0 Å². The summed E-state index contributed by atoms with van der Waals surface area (Å²) in [5.74, 6) is 2.39. The van der Waals surface area contributed by atoms with E-state index in [9.17, 15) is 0 Å². The molecular formula is C13H19. The zero-order valence-corrected chi connectivity index (χ0v) is 8.98. The van der Waals surface area contributed by atoms with E-state index in [0.29, 0.717) is 0 Å². The first-order chi connectivity index (χ1) is 6.16. The van der Waals surface area contributed by atoms with Crippen molar-refractivity contribution in [2.75, 3.05) is 0 Å². The number of hydrogen-bond acceptors (Lipinski definition) is 0. The van der Waals surface area contributed by atoms with Gasteiger partial charge in [0.15, 0.2) is 0 Å². The van der Waals surface area contributed by atoms with E-state index in [1.54, 1.807) is 0 Å². The lowest BCUT2D eigenvalue weighted by Gasteiger charge is -1.97. The van der Waals surface area contributed by atoms with Crippen LogP contribution >= 0.6 is 0 Å². The maximum atomic E-state index is 6.75. The highest BCUT2D eigenvalue weighted by molar-refractivity contribution is 5.02. The molecule has 0 aromatic carbocycles. The second kappa shape index (κ2) is 7.68. The third kappa shape index (κ3) is 8.95. The van der Waals surface area contributed by atoms with Gasteiger partial charge >= 0.3 is 0 Å². The first-order valence-electron chi connectivity index (χ1n) is 4.85. The Morgan fingerprint density at radius 3 is 2.38 bits per heavy atom. The highest BCUT2D eigenvalue weighted by Crippen LogP contribution is 2.07. The van der Waals surface area contributed by atoms with E-state index in [4.69, 9.17) is 6.42 Å². The molecule has 0 aliphatic heterocycles. The van der Waals surface area contributed by atoms with Gasteiger partial charge in [-0.3, -0.25) is 0 Å². The van der Waals surface area contributed by atoms with Gasteiger partial charge in [-0.2, -0.15) is 0 Å². The first-order valence-corrected chi connectivity index (χ1v) is 4.85. The molecule has 0 nitrogen and oxygen atoms in total. The molecule has 0 bridgehead atoms. The molecule has 0 saturated heterocycles. The van der Waals surface area contributed by atoms with Gasteiger partial charge in [-0.05, 0) is 46.5 Å². The average Bonchev–Trinajstić information content (AvgIpc) is 2.04. The molecule has 0 unspecified atom stereocenters. The Morgan fingerprint density at radius 1 is 1.15 bits per heavy atom. The van der Waals surface area contributed by atoms with Crippen molar-refractivity contribution in [2.45, 2.75) is 46.5 Å². The van der Waals surface area contributed by atoms with E-state index >= 15 is 0 Å². The van der Waals surface area contributed by atoms with Crippen LogP contribution < -0.4 is 0 Å². The molecule has 1 radical (unpaired) electrons. The number of hydrogen-bond donors (Lipinski definition) is 0. The topological polar surface area (TPSA) is 0 Å². The van der Waals surface area contributed by atoms with Gasteiger partial charge in [0.25, 0.3) is 0 Å². The maximum absolute atomic E-state index is 6.75. The molecule has 0 aromatic rings. The zero-order valence-electron chi connectivity index (χ0n) is 8.98. The van der Waals surface area contributed by atoms with Crippen molar-refractivity contribution in [3.05, 3.63) is 29.7 Å². The van der Waals surface area contributed by atoms with E-state index < -0.39 is 0 Å². The minimum absolute atomic E-state index is 0.750. The smallest absolute Gasteiger partial charge is 0.0134 e. The van der Waals surface area contributed by atoms with Gasteiger partial charge in [0.05, 0.1) is 0 Å². The van der Waals surface area contributed by atoms with Gasteiger partial charge in [-0.15, -0.1) is 0 Å². The van der Waals surface area contributed by atoms with E-state index in [2.05, 4.69) is 38.8 Å². The van der Waals surface area contributed by atoms with Gasteiger partial charge in [0, 0.05) is 6.42 Å². The Hall–Kier alpha value is -0.960. The van der Waals surface area contributed by atoms with E-state index in [-0.39, 0.29) is 0 Å². The summed E-state index contributed by atoms with van der Waals surface area (Å²) in [6.07, 6.45) is 15.2. The fraction of sp³-hybridized carbons (Fsp3) is 0.538. The molecule has 0 fully saturated rings. The van der Waals surface area contributed by atoms with Gasteiger partial charge in [-0.25, -0.2) is 0 Å². The fourth-order valence-corrected chi connectivity index (χ4v) is 1.08. The largest absolute Gasteiger partial charge is 0.0888 e. The molecular weight excluding hydrogens is 156 g/mol. The van der Waals surface area contributed by atoms with Crippen LogP contribution in [-0.4, -0.2) is 0 Å². The second-order valence-electron chi connectivity index (χ2n) is 3.59. The Balaban J connectivity index is 3.62. The quantitative estimate of drug-likeness (QED) is 0.336. The van der Waals surface area contributed by atoms with Crippen LogP contribution in [0.5, 0.6) is 0 Å². The summed E-state index contributed by atoms with van der Waals surface area (Å²) in [5, 5.41) is 0. The molecule has 13 heavy (non-hydrogen) atoms. The molecule has 0 aliphatic rings. The first kappa shape index (κ1) is 12.0. The number of allylic oxidation sites excluding steroid dienone is 4. The normalized spacial score (nSPS) is 10.8. The molecule has 0 rings (SSSR count). The lowest BCUT2D eigenvalue weighted by molar-refractivity contribution is 0.941. The van der Waals surface area contributed by atoms with Crippen LogP contribution in [0.4, 0.5) is 0 Å². The SMILES string of the molecule is [C]#CCCC=C(C)CCC=C(C)C. The monoisotopic (exact) mass is 175 g/mol. The molecule has 0 saturated carbocycles. The highest BCUT2D eigenvalue weighted by atomic mass is 13.9. The molecule has 0 heterocycles. The third-order valence-electron chi connectivity index (χ3n) is 1.85. The Kier molecular flexibility index (Phi) is 7.11. The fourth-order valence-electron chi connectivity index (χ4n) is 1.08. The predicted molar refractivity (Wildman–Crippen MR) is 58.8 cm³/mol. The van der Waals surface area contributed by atoms with Crippen LogP contribution in [0, 0.1) is 12.3 Å². The Bertz CT molecular complexity index is 219. The van der Waals surface area contributed by atoms with Crippen molar-refractivity contribution in [1.29, 1.82) is 0 Å². The average molecular weight is 175 g/mol. The van der Waals surface area contributed by atoms with Gasteiger partial charge in [0.1, 0.15) is 0 Å². The minimum atomic E-state index is 0.750. The van der Waals surface area contributed by atoms with Gasteiger partial charge in [0.2, 0.25) is 0 Å². The molecule has 0 amide bonds. The van der Waals surface area contributed by atoms with Crippen molar-refractivity contribution in [1.82, 2.24) is 0 Å². The standard InChI is InChI=1S/C13H19/c1-5-6-7-10-13(4)11-8-9-12(2)3/h9-10H,6-8,11H2,2-4H3. The Morgan fingerprint density at radius 2 is 1.85 bits per heavy atom. The molecule has 0 spiro atoms. The second-order valence-corrected chi connectivity index (χ2v) is 3.59. The van der Waals surface area contributed by atoms with Crippen LogP contribution in [0.3, 0.4) is 0 Å². The summed E-state index contributed by atoms with van der Waals surface area (Å²) >= 11 is 0. The molecule has 0 heteroatoms. The molecule has 0 atom stereocenters. The summed E-state index contributed by atoms with van der Waals surface area (Å²) in [4.78, 5) is 0. The van der Waals surface area contributed by atoms with Crippen LogP contribution in [0.1, 0.15) is 46.5 Å². The summed E-state index contributed by atoms with van der Waals surface area (Å²) in [7, 11) is 0. The third-order valence-corrected chi connectivity index (χ3v) is 1.85. The number of unbranched alkanes of at least 4 members (excludes halogenated alkanes) is 1. The van der Waals surface area contributed by atoms with Crippen molar-refractivity contribution in [3.8, 4) is 5.92 Å². The van der Waals surface area contributed by atoms with Crippen molar-refractivity contribution in [3.63, 3.8) is 0 Å². The zero-order chi connectivity index (χ0) is 10.1. The predicted octanol–water partition coefficient (Wildman–Crippen LogP) is 4.05. The summed E-state index contributed by atoms with van der Waals surface area (Å²) in [6, 6.07) is 0. The minimum Gasteiger partial charge on any atom is -0.0888 e. The molecule has 0 aliphatic carbocycles. The van der Waals surface area contributed by atoms with Gasteiger partial charge < -0.3 is 0 Å². The van der Waals surface area contributed by atoms with Crippen molar-refractivity contribution in [2.24, 2.45) is 0 Å². The molecule has 71 valence electrons. The van der Waals surface area contributed by atoms with Crippen LogP contribution in [0.25, 0.3) is 0 Å².